The third kappa shape index (κ3) is 3.64. The average Bonchev–Trinajstić information content (AvgIpc) is 2.60. The van der Waals surface area contributed by atoms with Crippen LogP contribution >= 0.6 is 0 Å². The highest BCUT2D eigenvalue weighted by molar-refractivity contribution is 6.06. The Morgan fingerprint density at radius 2 is 1.73 bits per heavy atom. The standard InChI is InChI=1S/C20H21NO5/c1-20(2)11-17(22)16-9-13(5-6-18(16)26-20)21-19(23)12-7-14(24-3)10-15(8-12)25-4/h5-10H,11H2,1-4H3,(H,21,23). The van der Waals surface area contributed by atoms with Gasteiger partial charge in [-0.2, -0.15) is 0 Å². The summed E-state index contributed by atoms with van der Waals surface area (Å²) in [7, 11) is 3.04. The third-order valence-corrected chi connectivity index (χ3v) is 4.12. The lowest BCUT2D eigenvalue weighted by molar-refractivity contribution is 0.0620. The maximum absolute atomic E-state index is 12.6. The van der Waals surface area contributed by atoms with Crippen molar-refractivity contribution in [2.75, 3.05) is 19.5 Å². The molecule has 0 spiro atoms. The molecule has 26 heavy (non-hydrogen) atoms. The molecule has 1 amide bonds. The maximum atomic E-state index is 12.6. The van der Waals surface area contributed by atoms with Crippen molar-refractivity contribution in [3.8, 4) is 17.2 Å². The molecule has 0 fully saturated rings. The fourth-order valence-corrected chi connectivity index (χ4v) is 2.87. The smallest absolute Gasteiger partial charge is 0.255 e. The molecule has 6 nitrogen and oxygen atoms in total. The monoisotopic (exact) mass is 355 g/mol. The minimum atomic E-state index is -0.522. The van der Waals surface area contributed by atoms with Crippen molar-refractivity contribution in [3.63, 3.8) is 0 Å². The molecular weight excluding hydrogens is 334 g/mol. The van der Waals surface area contributed by atoms with E-state index in [1.807, 2.05) is 13.8 Å². The Kier molecular flexibility index (Phi) is 4.59. The minimum absolute atomic E-state index is 0.00426. The number of ketones is 1. The first-order chi connectivity index (χ1) is 12.3. The number of carbonyl (C=O) groups excluding carboxylic acids is 2. The van der Waals surface area contributed by atoms with Crippen LogP contribution in [0.1, 0.15) is 41.0 Å². The predicted octanol–water partition coefficient (Wildman–Crippen LogP) is 3.70. The summed E-state index contributed by atoms with van der Waals surface area (Å²) in [5, 5.41) is 2.79. The number of fused-ring (bicyclic) bond motifs is 1. The van der Waals surface area contributed by atoms with Crippen LogP contribution in [0.3, 0.4) is 0 Å². The van der Waals surface area contributed by atoms with Gasteiger partial charge in [-0.05, 0) is 44.2 Å². The molecule has 0 saturated heterocycles. The fraction of sp³-hybridized carbons (Fsp3) is 0.300. The zero-order valence-electron chi connectivity index (χ0n) is 15.2. The molecule has 2 aromatic carbocycles. The number of nitrogens with one attached hydrogen (secondary N) is 1. The lowest BCUT2D eigenvalue weighted by Gasteiger charge is -2.31. The number of hydrogen-bond acceptors (Lipinski definition) is 5. The van der Waals surface area contributed by atoms with Gasteiger partial charge in [-0.1, -0.05) is 0 Å². The summed E-state index contributed by atoms with van der Waals surface area (Å²) in [4.78, 5) is 24.9. The van der Waals surface area contributed by atoms with Gasteiger partial charge in [-0.15, -0.1) is 0 Å². The molecular formula is C20H21NO5. The fourth-order valence-electron chi connectivity index (χ4n) is 2.87. The summed E-state index contributed by atoms with van der Waals surface area (Å²) >= 11 is 0. The molecule has 1 aliphatic rings. The van der Waals surface area contributed by atoms with Crippen molar-refractivity contribution in [2.24, 2.45) is 0 Å². The van der Waals surface area contributed by atoms with Crippen LogP contribution in [0.2, 0.25) is 0 Å². The Morgan fingerprint density at radius 1 is 1.08 bits per heavy atom. The molecule has 0 atom stereocenters. The van der Waals surface area contributed by atoms with E-state index in [0.717, 1.165) is 0 Å². The molecule has 0 unspecified atom stereocenters. The molecule has 3 rings (SSSR count). The topological polar surface area (TPSA) is 73.9 Å². The summed E-state index contributed by atoms with van der Waals surface area (Å²) in [6.45, 7) is 3.75. The zero-order chi connectivity index (χ0) is 18.9. The van der Waals surface area contributed by atoms with Crippen LogP contribution in [0, 0.1) is 0 Å². The summed E-state index contributed by atoms with van der Waals surface area (Å²) in [5.74, 6) is 1.24. The molecule has 2 aromatic rings. The molecule has 0 aromatic heterocycles. The van der Waals surface area contributed by atoms with Crippen molar-refractivity contribution < 1.29 is 23.8 Å². The van der Waals surface area contributed by atoms with Crippen LogP contribution in [0.5, 0.6) is 17.2 Å². The van der Waals surface area contributed by atoms with Crippen LogP contribution in [-0.4, -0.2) is 31.5 Å². The quantitative estimate of drug-likeness (QED) is 0.905. The molecule has 0 aliphatic carbocycles. The molecule has 6 heteroatoms. The number of methoxy groups -OCH3 is 2. The average molecular weight is 355 g/mol. The largest absolute Gasteiger partial charge is 0.497 e. The second-order valence-electron chi connectivity index (χ2n) is 6.73. The molecule has 1 aliphatic heterocycles. The normalized spacial score (nSPS) is 14.8. The first kappa shape index (κ1) is 17.8. The number of amides is 1. The van der Waals surface area contributed by atoms with Gasteiger partial charge in [0.1, 0.15) is 22.8 Å². The van der Waals surface area contributed by atoms with E-state index in [4.69, 9.17) is 14.2 Å². The number of Topliss-reactive ketones (excluding diaryl/α,β-unsaturated/α-hetero) is 1. The highest BCUT2D eigenvalue weighted by atomic mass is 16.5. The second kappa shape index (κ2) is 6.71. The van der Waals surface area contributed by atoms with E-state index in [-0.39, 0.29) is 11.7 Å². The van der Waals surface area contributed by atoms with Crippen molar-refractivity contribution in [1.29, 1.82) is 0 Å². The summed E-state index contributed by atoms with van der Waals surface area (Å²) in [6.07, 6.45) is 0.296. The van der Waals surface area contributed by atoms with Gasteiger partial charge >= 0.3 is 0 Å². The van der Waals surface area contributed by atoms with E-state index in [0.29, 0.717) is 40.5 Å². The van der Waals surface area contributed by atoms with Crippen molar-refractivity contribution >= 4 is 17.4 Å². The summed E-state index contributed by atoms with van der Waals surface area (Å²) < 4.78 is 16.2. The van der Waals surface area contributed by atoms with E-state index in [9.17, 15) is 9.59 Å². The Labute approximate surface area is 152 Å². The highest BCUT2D eigenvalue weighted by Crippen LogP contribution is 2.34. The van der Waals surface area contributed by atoms with Crippen molar-refractivity contribution in [3.05, 3.63) is 47.5 Å². The Bertz CT molecular complexity index is 850. The first-order valence-corrected chi connectivity index (χ1v) is 8.22. The molecule has 1 heterocycles. The van der Waals surface area contributed by atoms with Gasteiger partial charge < -0.3 is 19.5 Å². The van der Waals surface area contributed by atoms with Gasteiger partial charge in [-0.25, -0.2) is 0 Å². The van der Waals surface area contributed by atoms with Crippen LogP contribution < -0.4 is 19.5 Å². The zero-order valence-corrected chi connectivity index (χ0v) is 15.2. The van der Waals surface area contributed by atoms with Gasteiger partial charge in [0.05, 0.1) is 26.2 Å². The lowest BCUT2D eigenvalue weighted by Crippen LogP contribution is -2.35. The SMILES string of the molecule is COc1cc(OC)cc(C(=O)Nc2ccc3c(c2)C(=O)CC(C)(C)O3)c1. The van der Waals surface area contributed by atoms with E-state index < -0.39 is 5.60 Å². The predicted molar refractivity (Wildman–Crippen MR) is 97.6 cm³/mol. The maximum Gasteiger partial charge on any atom is 0.255 e. The third-order valence-electron chi connectivity index (χ3n) is 4.12. The minimum Gasteiger partial charge on any atom is -0.497 e. The highest BCUT2D eigenvalue weighted by Gasteiger charge is 2.32. The van der Waals surface area contributed by atoms with Crippen LogP contribution in [0.25, 0.3) is 0 Å². The number of benzene rings is 2. The molecule has 1 N–H and O–H groups in total. The number of carbonyl (C=O) groups is 2. The Balaban J connectivity index is 1.85. The van der Waals surface area contributed by atoms with Crippen LogP contribution in [-0.2, 0) is 0 Å². The number of anilines is 1. The lowest BCUT2D eigenvalue weighted by atomic mass is 9.93. The van der Waals surface area contributed by atoms with E-state index in [1.54, 1.807) is 36.4 Å². The van der Waals surface area contributed by atoms with E-state index >= 15 is 0 Å². The van der Waals surface area contributed by atoms with Gasteiger partial charge in [0, 0.05) is 17.3 Å². The number of rotatable bonds is 4. The van der Waals surface area contributed by atoms with Gasteiger partial charge in [-0.3, -0.25) is 9.59 Å². The van der Waals surface area contributed by atoms with E-state index in [1.165, 1.54) is 14.2 Å². The van der Waals surface area contributed by atoms with Gasteiger partial charge in [0.2, 0.25) is 0 Å². The second-order valence-corrected chi connectivity index (χ2v) is 6.73. The van der Waals surface area contributed by atoms with Gasteiger partial charge in [0.15, 0.2) is 5.78 Å². The molecule has 0 bridgehead atoms. The molecule has 136 valence electrons. The van der Waals surface area contributed by atoms with E-state index in [2.05, 4.69) is 5.32 Å². The summed E-state index contributed by atoms with van der Waals surface area (Å²) in [6, 6.07) is 9.98. The molecule has 0 saturated carbocycles. The Hall–Kier alpha value is -3.02. The van der Waals surface area contributed by atoms with Crippen molar-refractivity contribution in [1.82, 2.24) is 0 Å². The van der Waals surface area contributed by atoms with Crippen LogP contribution in [0.15, 0.2) is 36.4 Å². The van der Waals surface area contributed by atoms with Crippen LogP contribution in [0.4, 0.5) is 5.69 Å². The van der Waals surface area contributed by atoms with Crippen molar-refractivity contribution in [2.45, 2.75) is 25.9 Å². The Morgan fingerprint density at radius 3 is 2.35 bits per heavy atom. The number of ether oxygens (including phenoxy) is 3. The number of hydrogen-bond donors (Lipinski definition) is 1. The molecule has 0 radical (unpaired) electrons. The van der Waals surface area contributed by atoms with Gasteiger partial charge in [0.25, 0.3) is 5.91 Å². The summed E-state index contributed by atoms with van der Waals surface area (Å²) in [5.41, 5.74) is 0.867. The first-order valence-electron chi connectivity index (χ1n) is 8.22.